The highest BCUT2D eigenvalue weighted by Crippen LogP contribution is 2.19. The van der Waals surface area contributed by atoms with Gasteiger partial charge in [-0.25, -0.2) is 9.18 Å². The van der Waals surface area contributed by atoms with Crippen molar-refractivity contribution < 1.29 is 14.3 Å². The topological polar surface area (TPSA) is 63.3 Å². The van der Waals surface area contributed by atoms with Gasteiger partial charge in [0.15, 0.2) is 0 Å². The molecule has 0 amide bonds. The Labute approximate surface area is 80.7 Å². The second kappa shape index (κ2) is 3.91. The molecule has 4 heteroatoms. The first kappa shape index (κ1) is 10.2. The summed E-state index contributed by atoms with van der Waals surface area (Å²) >= 11 is 0. The van der Waals surface area contributed by atoms with Crippen LogP contribution in [0.2, 0.25) is 0 Å². The Morgan fingerprint density at radius 1 is 1.57 bits per heavy atom. The molecule has 0 aliphatic carbocycles. The molecule has 0 fully saturated rings. The van der Waals surface area contributed by atoms with Crippen LogP contribution in [0.5, 0.6) is 0 Å². The molecule has 0 aliphatic rings. The molecule has 0 bridgehead atoms. The van der Waals surface area contributed by atoms with E-state index < -0.39 is 11.8 Å². The minimum absolute atomic E-state index is 0.221. The van der Waals surface area contributed by atoms with Crippen molar-refractivity contribution in [1.29, 1.82) is 0 Å². The summed E-state index contributed by atoms with van der Waals surface area (Å²) in [4.78, 5) is 10.2. The molecule has 0 aromatic heterocycles. The van der Waals surface area contributed by atoms with Gasteiger partial charge in [-0.1, -0.05) is 0 Å². The van der Waals surface area contributed by atoms with Crippen LogP contribution in [0, 0.1) is 12.7 Å². The van der Waals surface area contributed by atoms with Gasteiger partial charge in [0.1, 0.15) is 5.82 Å². The van der Waals surface area contributed by atoms with Gasteiger partial charge in [0.05, 0.1) is 0 Å². The SMILES string of the molecule is Cc1c(N)ccc(C=CC(=O)O)c1F. The van der Waals surface area contributed by atoms with E-state index in [4.69, 9.17) is 10.8 Å². The van der Waals surface area contributed by atoms with Gasteiger partial charge < -0.3 is 10.8 Å². The standard InChI is InChI=1S/C10H10FNO2/c1-6-8(12)4-2-7(10(6)11)3-5-9(13)14/h2-5H,12H2,1H3,(H,13,14). The van der Waals surface area contributed by atoms with E-state index in [1.807, 2.05) is 0 Å². The fourth-order valence-corrected chi connectivity index (χ4v) is 1.01. The predicted octanol–water partition coefficient (Wildman–Crippen LogP) is 1.81. The molecule has 0 unspecified atom stereocenters. The molecule has 14 heavy (non-hydrogen) atoms. The van der Waals surface area contributed by atoms with Crippen LogP contribution in [0.3, 0.4) is 0 Å². The van der Waals surface area contributed by atoms with E-state index >= 15 is 0 Å². The molecule has 1 aromatic carbocycles. The van der Waals surface area contributed by atoms with Crippen molar-refractivity contribution in [2.24, 2.45) is 0 Å². The highest BCUT2D eigenvalue weighted by Gasteiger charge is 2.05. The van der Waals surface area contributed by atoms with Crippen molar-refractivity contribution in [2.75, 3.05) is 5.73 Å². The van der Waals surface area contributed by atoms with Crippen molar-refractivity contribution in [1.82, 2.24) is 0 Å². The minimum Gasteiger partial charge on any atom is -0.478 e. The van der Waals surface area contributed by atoms with Crippen molar-refractivity contribution in [3.8, 4) is 0 Å². The first-order valence-corrected chi connectivity index (χ1v) is 3.98. The molecule has 0 saturated heterocycles. The number of halogens is 1. The monoisotopic (exact) mass is 195 g/mol. The molecule has 1 aromatic rings. The van der Waals surface area contributed by atoms with Gasteiger partial charge in [0, 0.05) is 22.9 Å². The summed E-state index contributed by atoms with van der Waals surface area (Å²) < 4.78 is 13.4. The van der Waals surface area contributed by atoms with Crippen molar-refractivity contribution >= 4 is 17.7 Å². The maximum absolute atomic E-state index is 13.4. The van der Waals surface area contributed by atoms with E-state index in [-0.39, 0.29) is 5.56 Å². The average molecular weight is 195 g/mol. The normalized spacial score (nSPS) is 10.7. The zero-order chi connectivity index (χ0) is 10.7. The van der Waals surface area contributed by atoms with E-state index in [1.54, 1.807) is 13.0 Å². The van der Waals surface area contributed by atoms with Gasteiger partial charge in [0.25, 0.3) is 0 Å². The van der Waals surface area contributed by atoms with Gasteiger partial charge in [-0.05, 0) is 25.1 Å². The Morgan fingerprint density at radius 2 is 2.21 bits per heavy atom. The van der Waals surface area contributed by atoms with E-state index in [1.165, 1.54) is 12.1 Å². The molecule has 3 N–H and O–H groups in total. The minimum atomic E-state index is -1.11. The number of rotatable bonds is 2. The molecule has 1 rings (SSSR count). The Hall–Kier alpha value is -1.84. The molecule has 0 aliphatic heterocycles. The Bertz CT molecular complexity index is 399. The third-order valence-electron chi connectivity index (χ3n) is 1.86. The molecule has 0 heterocycles. The maximum atomic E-state index is 13.4. The lowest BCUT2D eigenvalue weighted by atomic mass is 10.1. The fraction of sp³-hybridized carbons (Fsp3) is 0.100. The smallest absolute Gasteiger partial charge is 0.328 e. The first-order chi connectivity index (χ1) is 6.52. The molecule has 0 atom stereocenters. The lowest BCUT2D eigenvalue weighted by molar-refractivity contribution is -0.131. The number of nitrogen functional groups attached to an aromatic ring is 1. The molecule has 0 radical (unpaired) electrons. The van der Waals surface area contributed by atoms with Crippen molar-refractivity contribution in [3.05, 3.63) is 35.2 Å². The lowest BCUT2D eigenvalue weighted by Crippen LogP contribution is -1.95. The van der Waals surface area contributed by atoms with Gasteiger partial charge in [0.2, 0.25) is 0 Å². The number of anilines is 1. The van der Waals surface area contributed by atoms with Crippen LogP contribution in [-0.4, -0.2) is 11.1 Å². The number of aliphatic carboxylic acids is 1. The molecule has 0 spiro atoms. The summed E-state index contributed by atoms with van der Waals surface area (Å²) in [5.41, 5.74) is 6.37. The summed E-state index contributed by atoms with van der Waals surface area (Å²) in [6.07, 6.45) is 2.08. The molecular weight excluding hydrogens is 185 g/mol. The third-order valence-corrected chi connectivity index (χ3v) is 1.86. The van der Waals surface area contributed by atoms with Crippen LogP contribution in [-0.2, 0) is 4.79 Å². The van der Waals surface area contributed by atoms with E-state index in [0.717, 1.165) is 6.08 Å². The number of carboxylic acids is 1. The lowest BCUT2D eigenvalue weighted by Gasteiger charge is -2.03. The summed E-state index contributed by atoms with van der Waals surface area (Å²) in [5, 5.41) is 8.36. The zero-order valence-electron chi connectivity index (χ0n) is 7.62. The first-order valence-electron chi connectivity index (χ1n) is 3.98. The van der Waals surface area contributed by atoms with Crippen LogP contribution < -0.4 is 5.73 Å². The largest absolute Gasteiger partial charge is 0.478 e. The van der Waals surface area contributed by atoms with Gasteiger partial charge >= 0.3 is 5.97 Å². The van der Waals surface area contributed by atoms with Crippen LogP contribution in [0.4, 0.5) is 10.1 Å². The average Bonchev–Trinajstić information content (AvgIpc) is 2.13. The number of hydrogen-bond donors (Lipinski definition) is 2. The maximum Gasteiger partial charge on any atom is 0.328 e. The number of nitrogens with two attached hydrogens (primary N) is 1. The molecular formula is C10H10FNO2. The summed E-state index contributed by atoms with van der Waals surface area (Å²) in [5.74, 6) is -1.60. The highest BCUT2D eigenvalue weighted by molar-refractivity contribution is 5.85. The second-order valence-corrected chi connectivity index (χ2v) is 2.85. The Kier molecular flexibility index (Phi) is 2.86. The van der Waals surface area contributed by atoms with E-state index in [9.17, 15) is 9.18 Å². The Balaban J connectivity index is 3.12. The quantitative estimate of drug-likeness (QED) is 0.558. The molecule has 3 nitrogen and oxygen atoms in total. The summed E-state index contributed by atoms with van der Waals surface area (Å²) in [7, 11) is 0. The van der Waals surface area contributed by atoms with E-state index in [2.05, 4.69) is 0 Å². The predicted molar refractivity (Wildman–Crippen MR) is 52.2 cm³/mol. The van der Waals surface area contributed by atoms with Crippen LogP contribution in [0.1, 0.15) is 11.1 Å². The Morgan fingerprint density at radius 3 is 2.79 bits per heavy atom. The van der Waals surface area contributed by atoms with Gasteiger partial charge in [-0.15, -0.1) is 0 Å². The van der Waals surface area contributed by atoms with Crippen molar-refractivity contribution in [2.45, 2.75) is 6.92 Å². The number of carbonyl (C=O) groups is 1. The zero-order valence-corrected chi connectivity index (χ0v) is 7.62. The number of hydrogen-bond acceptors (Lipinski definition) is 2. The summed E-state index contributed by atoms with van der Waals surface area (Å²) in [6.45, 7) is 1.54. The van der Waals surface area contributed by atoms with Gasteiger partial charge in [-0.3, -0.25) is 0 Å². The van der Waals surface area contributed by atoms with Crippen LogP contribution in [0.15, 0.2) is 18.2 Å². The molecule has 74 valence electrons. The summed E-state index contributed by atoms with van der Waals surface area (Å²) in [6, 6.07) is 2.98. The van der Waals surface area contributed by atoms with Gasteiger partial charge in [-0.2, -0.15) is 0 Å². The molecule has 0 saturated carbocycles. The van der Waals surface area contributed by atoms with Crippen LogP contribution >= 0.6 is 0 Å². The van der Waals surface area contributed by atoms with E-state index in [0.29, 0.717) is 11.3 Å². The number of carboxylic acid groups (broad SMARTS) is 1. The third kappa shape index (κ3) is 2.10. The fourth-order valence-electron chi connectivity index (χ4n) is 1.01. The number of benzene rings is 1. The second-order valence-electron chi connectivity index (χ2n) is 2.85. The van der Waals surface area contributed by atoms with Crippen LogP contribution in [0.25, 0.3) is 6.08 Å². The highest BCUT2D eigenvalue weighted by atomic mass is 19.1. The van der Waals surface area contributed by atoms with Crippen molar-refractivity contribution in [3.63, 3.8) is 0 Å².